The lowest BCUT2D eigenvalue weighted by Gasteiger charge is -2.30. The zero-order valence-electron chi connectivity index (χ0n) is 19.2. The van der Waals surface area contributed by atoms with E-state index in [9.17, 15) is 19.5 Å². The number of hydrazine groups is 1. The number of piperidine rings is 1. The molecule has 2 heterocycles. The third-order valence-corrected chi connectivity index (χ3v) is 5.35. The van der Waals surface area contributed by atoms with Gasteiger partial charge in [0.15, 0.2) is 6.35 Å². The summed E-state index contributed by atoms with van der Waals surface area (Å²) in [6, 6.07) is 9.04. The van der Waals surface area contributed by atoms with E-state index >= 15 is 0 Å². The smallest absolute Gasteiger partial charge is 0.407 e. The van der Waals surface area contributed by atoms with Crippen LogP contribution in [-0.4, -0.2) is 70.1 Å². The number of nitrogens with zero attached hydrogens (tertiary/aromatic N) is 2. The number of nitrogens with one attached hydrogen (secondary N) is 3. The van der Waals surface area contributed by atoms with Gasteiger partial charge in [0.05, 0.1) is 18.7 Å². The number of hydroxylamine groups is 2. The van der Waals surface area contributed by atoms with Gasteiger partial charge >= 0.3 is 6.09 Å². The van der Waals surface area contributed by atoms with Gasteiger partial charge in [-0.25, -0.2) is 4.79 Å². The van der Waals surface area contributed by atoms with E-state index in [0.717, 1.165) is 5.56 Å². The van der Waals surface area contributed by atoms with E-state index in [1.165, 1.54) is 0 Å². The van der Waals surface area contributed by atoms with Gasteiger partial charge in [0, 0.05) is 19.5 Å². The number of hydrogen-bond donors (Lipinski definition) is 4. The van der Waals surface area contributed by atoms with Crippen molar-refractivity contribution in [2.24, 2.45) is 0 Å². The number of alkyl carbamates (subject to hydrolysis) is 1. The van der Waals surface area contributed by atoms with Gasteiger partial charge in [-0.2, -0.15) is 0 Å². The van der Waals surface area contributed by atoms with Crippen LogP contribution in [0.3, 0.4) is 0 Å². The minimum atomic E-state index is -1.05. The maximum Gasteiger partial charge on any atom is 0.407 e. The Bertz CT molecular complexity index is 830. The number of fused-ring (bicyclic) bond motifs is 2. The summed E-state index contributed by atoms with van der Waals surface area (Å²) < 4.78 is 5.09. The number of aliphatic hydroxyl groups excluding tert-OH is 1. The molecule has 182 valence electrons. The van der Waals surface area contributed by atoms with E-state index in [1.54, 1.807) is 30.7 Å². The lowest BCUT2D eigenvalue weighted by atomic mass is 10.0. The van der Waals surface area contributed by atoms with E-state index < -0.39 is 35.9 Å². The van der Waals surface area contributed by atoms with E-state index in [2.05, 4.69) is 16.2 Å². The Hall–Kier alpha value is -2.73. The normalized spacial score (nSPS) is 24.7. The second kappa shape index (κ2) is 10.9. The number of rotatable bonds is 7. The quantitative estimate of drug-likeness (QED) is 0.433. The summed E-state index contributed by atoms with van der Waals surface area (Å²) in [7, 11) is 0. The fraction of sp³-hybridized carbons (Fsp3) is 0.591. The van der Waals surface area contributed by atoms with Gasteiger partial charge in [-0.3, -0.25) is 30.2 Å². The zero-order valence-corrected chi connectivity index (χ0v) is 19.2. The Balaban J connectivity index is 1.40. The highest BCUT2D eigenvalue weighted by atomic mass is 16.7. The van der Waals surface area contributed by atoms with E-state index in [4.69, 9.17) is 9.57 Å². The van der Waals surface area contributed by atoms with Crippen LogP contribution in [0.15, 0.2) is 30.3 Å². The molecule has 2 bridgehead atoms. The van der Waals surface area contributed by atoms with Crippen molar-refractivity contribution >= 4 is 17.9 Å². The van der Waals surface area contributed by atoms with Crippen molar-refractivity contribution in [3.63, 3.8) is 0 Å². The first kappa shape index (κ1) is 24.9. The number of aliphatic hydroxyl groups is 1. The molecule has 2 saturated heterocycles. The lowest BCUT2D eigenvalue weighted by molar-refractivity contribution is -0.265. The molecule has 2 aliphatic rings. The first-order valence-corrected chi connectivity index (χ1v) is 11.1. The maximum atomic E-state index is 12.6. The summed E-state index contributed by atoms with van der Waals surface area (Å²) in [6.07, 6.45) is -0.494. The largest absolute Gasteiger partial charge is 0.444 e. The molecular formula is C22H33N5O6. The number of benzene rings is 1. The molecule has 0 aromatic heterocycles. The molecule has 1 aromatic carbocycles. The van der Waals surface area contributed by atoms with Crippen molar-refractivity contribution in [1.29, 1.82) is 0 Å². The second-order valence-electron chi connectivity index (χ2n) is 9.13. The molecule has 33 heavy (non-hydrogen) atoms. The highest BCUT2D eigenvalue weighted by molar-refractivity contribution is 5.85. The third kappa shape index (κ3) is 7.13. The fourth-order valence-corrected chi connectivity index (χ4v) is 3.82. The van der Waals surface area contributed by atoms with Crippen molar-refractivity contribution in [3.8, 4) is 0 Å². The van der Waals surface area contributed by atoms with Crippen LogP contribution in [0.1, 0.15) is 45.6 Å². The van der Waals surface area contributed by atoms with Crippen molar-refractivity contribution in [1.82, 2.24) is 26.1 Å². The summed E-state index contributed by atoms with van der Waals surface area (Å²) in [5.41, 5.74) is 5.12. The number of amides is 3. The van der Waals surface area contributed by atoms with Crippen LogP contribution in [0.25, 0.3) is 0 Å². The van der Waals surface area contributed by atoms with Crippen molar-refractivity contribution < 1.29 is 29.1 Å². The van der Waals surface area contributed by atoms with E-state index in [-0.39, 0.29) is 19.0 Å². The number of carbonyl (C=O) groups excluding carboxylic acids is 3. The monoisotopic (exact) mass is 463 g/mol. The molecule has 1 aromatic rings. The molecule has 3 amide bonds. The summed E-state index contributed by atoms with van der Waals surface area (Å²) in [4.78, 5) is 43.7. The van der Waals surface area contributed by atoms with Crippen LogP contribution >= 0.6 is 0 Å². The van der Waals surface area contributed by atoms with Crippen LogP contribution in [0.5, 0.6) is 0 Å². The van der Waals surface area contributed by atoms with Crippen molar-refractivity contribution in [3.05, 3.63) is 35.9 Å². The molecule has 11 nitrogen and oxygen atoms in total. The van der Waals surface area contributed by atoms with Gasteiger partial charge in [-0.1, -0.05) is 30.3 Å². The van der Waals surface area contributed by atoms with Gasteiger partial charge in [-0.05, 0) is 39.2 Å². The SMILES string of the molecule is CC(C)(C)OC(=O)NCCC(=O)NNC(=O)[C@@H]1CC[C@@H]2CN1C(O)N2OCc1ccccc1. The summed E-state index contributed by atoms with van der Waals surface area (Å²) >= 11 is 0. The summed E-state index contributed by atoms with van der Waals surface area (Å²) in [5.74, 6) is -0.867. The molecule has 0 aliphatic carbocycles. The fourth-order valence-electron chi connectivity index (χ4n) is 3.82. The molecule has 4 atom stereocenters. The molecular weight excluding hydrogens is 430 g/mol. The predicted molar refractivity (Wildman–Crippen MR) is 118 cm³/mol. The first-order chi connectivity index (χ1) is 15.6. The number of carbonyl (C=O) groups is 3. The topological polar surface area (TPSA) is 132 Å². The first-order valence-electron chi connectivity index (χ1n) is 11.1. The Kier molecular flexibility index (Phi) is 8.25. The molecule has 0 saturated carbocycles. The third-order valence-electron chi connectivity index (χ3n) is 5.35. The standard InChI is InChI=1S/C22H33N5O6/c1-22(2,3)33-20(30)23-12-11-18(28)24-25-19(29)17-10-9-16-13-26(17)21(31)27(16)32-14-15-7-5-4-6-8-15/h4-8,16-17,21,31H,9-14H2,1-3H3,(H,23,30)(H,24,28)(H,25,29)/t16-,17+,21?/m1/s1. The average molecular weight is 464 g/mol. The zero-order chi connectivity index (χ0) is 24.0. The molecule has 0 spiro atoms. The summed E-state index contributed by atoms with van der Waals surface area (Å²) in [6.45, 7) is 6.12. The van der Waals surface area contributed by atoms with Gasteiger partial charge < -0.3 is 15.2 Å². The van der Waals surface area contributed by atoms with Crippen molar-refractivity contribution in [2.45, 2.75) is 70.7 Å². The van der Waals surface area contributed by atoms with Crippen LogP contribution in [0, 0.1) is 0 Å². The minimum absolute atomic E-state index is 0.0127. The molecule has 4 N–H and O–H groups in total. The number of hydrogen-bond acceptors (Lipinski definition) is 8. The predicted octanol–water partition coefficient (Wildman–Crippen LogP) is 0.605. The van der Waals surface area contributed by atoms with Gasteiger partial charge in [0.25, 0.3) is 5.91 Å². The molecule has 2 aliphatic heterocycles. The Labute approximate surface area is 193 Å². The van der Waals surface area contributed by atoms with E-state index in [1.807, 2.05) is 30.3 Å². The van der Waals surface area contributed by atoms with Gasteiger partial charge in [0.2, 0.25) is 5.91 Å². The lowest BCUT2D eigenvalue weighted by Crippen LogP contribution is -2.55. The van der Waals surface area contributed by atoms with Gasteiger partial charge in [-0.15, -0.1) is 5.06 Å². The van der Waals surface area contributed by atoms with Gasteiger partial charge in [0.1, 0.15) is 5.60 Å². The second-order valence-corrected chi connectivity index (χ2v) is 9.13. The summed E-state index contributed by atoms with van der Waals surface area (Å²) in [5, 5.41) is 14.7. The molecule has 2 fully saturated rings. The molecule has 0 radical (unpaired) electrons. The minimum Gasteiger partial charge on any atom is -0.444 e. The average Bonchev–Trinajstić information content (AvgIpc) is 2.99. The highest BCUT2D eigenvalue weighted by Crippen LogP contribution is 2.32. The molecule has 11 heteroatoms. The Morgan fingerprint density at radius 2 is 1.85 bits per heavy atom. The van der Waals surface area contributed by atoms with E-state index in [0.29, 0.717) is 26.0 Å². The Morgan fingerprint density at radius 1 is 1.12 bits per heavy atom. The van der Waals surface area contributed by atoms with Crippen LogP contribution < -0.4 is 16.2 Å². The molecule has 2 unspecified atom stereocenters. The molecule has 3 rings (SSSR count). The van der Waals surface area contributed by atoms with Crippen molar-refractivity contribution in [2.75, 3.05) is 13.1 Å². The Morgan fingerprint density at radius 3 is 2.55 bits per heavy atom. The van der Waals surface area contributed by atoms with Crippen LogP contribution in [-0.2, 0) is 25.8 Å². The van der Waals surface area contributed by atoms with Crippen LogP contribution in [0.2, 0.25) is 0 Å². The highest BCUT2D eigenvalue weighted by Gasteiger charge is 2.48. The number of ether oxygens (including phenoxy) is 1. The maximum absolute atomic E-state index is 12.6. The van der Waals surface area contributed by atoms with Crippen LogP contribution in [0.4, 0.5) is 4.79 Å².